The fraction of sp³-hybridized carbons (Fsp3) is 0.368. The number of para-hydroxylation sites is 1. The number of nitro benzene ring substituents is 1. The molecule has 0 aliphatic carbocycles. The number of nitro groups is 1. The van der Waals surface area contributed by atoms with E-state index in [2.05, 4.69) is 18.7 Å². The molecule has 0 fully saturated rings. The standard InChI is InChI=1S/C19H24N2O4/c1-3-20(4-2)13-14-24-17-11-8-12-18(19(17)21(22)23)25-15-16-9-6-5-7-10-16/h5-12H,3-4,13-15H2,1-2H3. The van der Waals surface area contributed by atoms with Gasteiger partial charge in [-0.3, -0.25) is 10.1 Å². The lowest BCUT2D eigenvalue weighted by molar-refractivity contribution is -0.387. The van der Waals surface area contributed by atoms with E-state index < -0.39 is 4.92 Å². The van der Waals surface area contributed by atoms with Gasteiger partial charge in [0.2, 0.25) is 11.5 Å². The molecule has 6 heteroatoms. The third kappa shape index (κ3) is 5.46. The van der Waals surface area contributed by atoms with Crippen LogP contribution in [0.25, 0.3) is 0 Å². The van der Waals surface area contributed by atoms with E-state index in [4.69, 9.17) is 9.47 Å². The first-order valence-electron chi connectivity index (χ1n) is 8.45. The van der Waals surface area contributed by atoms with E-state index in [-0.39, 0.29) is 23.8 Å². The van der Waals surface area contributed by atoms with Crippen LogP contribution in [0.4, 0.5) is 5.69 Å². The SMILES string of the molecule is CCN(CC)CCOc1cccc(OCc2ccccc2)c1[N+](=O)[O-]. The van der Waals surface area contributed by atoms with E-state index in [0.29, 0.717) is 6.61 Å². The molecule has 6 nitrogen and oxygen atoms in total. The Morgan fingerprint density at radius 3 is 2.20 bits per heavy atom. The van der Waals surface area contributed by atoms with Crippen molar-refractivity contribution < 1.29 is 14.4 Å². The summed E-state index contributed by atoms with van der Waals surface area (Å²) in [6.45, 7) is 7.37. The minimum absolute atomic E-state index is 0.127. The van der Waals surface area contributed by atoms with Gasteiger partial charge in [0.15, 0.2) is 0 Å². The number of rotatable bonds is 10. The Bertz CT molecular complexity index is 672. The maximum atomic E-state index is 11.5. The minimum Gasteiger partial charge on any atom is -0.485 e. The predicted octanol–water partition coefficient (Wildman–Crippen LogP) is 3.89. The molecule has 0 saturated heterocycles. The summed E-state index contributed by atoms with van der Waals surface area (Å²) >= 11 is 0. The highest BCUT2D eigenvalue weighted by Gasteiger charge is 2.22. The molecular formula is C19H24N2O4. The Kier molecular flexibility index (Phi) is 7.22. The molecule has 0 saturated carbocycles. The van der Waals surface area contributed by atoms with Crippen LogP contribution in [0.2, 0.25) is 0 Å². The summed E-state index contributed by atoms with van der Waals surface area (Å²) in [5, 5.41) is 11.5. The van der Waals surface area contributed by atoms with Crippen LogP contribution < -0.4 is 9.47 Å². The van der Waals surface area contributed by atoms with Crippen molar-refractivity contribution in [2.75, 3.05) is 26.2 Å². The second-order valence-electron chi connectivity index (χ2n) is 5.51. The molecule has 25 heavy (non-hydrogen) atoms. The molecule has 0 aliphatic rings. The molecule has 0 heterocycles. The van der Waals surface area contributed by atoms with Crippen molar-refractivity contribution in [3.8, 4) is 11.5 Å². The molecule has 0 unspecified atom stereocenters. The largest absolute Gasteiger partial charge is 0.485 e. The summed E-state index contributed by atoms with van der Waals surface area (Å²) in [7, 11) is 0. The lowest BCUT2D eigenvalue weighted by atomic mass is 10.2. The van der Waals surface area contributed by atoms with Gasteiger partial charge < -0.3 is 14.4 Å². The lowest BCUT2D eigenvalue weighted by Gasteiger charge is -2.18. The average Bonchev–Trinajstić information content (AvgIpc) is 2.64. The molecule has 0 N–H and O–H groups in total. The van der Waals surface area contributed by atoms with Crippen molar-refractivity contribution in [2.24, 2.45) is 0 Å². The summed E-state index contributed by atoms with van der Waals surface area (Å²) in [6, 6.07) is 14.5. The van der Waals surface area contributed by atoms with E-state index in [0.717, 1.165) is 25.2 Å². The number of likely N-dealkylation sites (N-methyl/N-ethyl adjacent to an activating group) is 1. The molecule has 134 valence electrons. The monoisotopic (exact) mass is 344 g/mol. The first kappa shape index (κ1) is 18.7. The Morgan fingerprint density at radius 1 is 0.960 bits per heavy atom. The topological polar surface area (TPSA) is 64.8 Å². The third-order valence-electron chi connectivity index (χ3n) is 3.94. The second kappa shape index (κ2) is 9.64. The Hall–Kier alpha value is -2.60. The Labute approximate surface area is 148 Å². The molecule has 0 bridgehead atoms. The zero-order chi connectivity index (χ0) is 18.1. The van der Waals surface area contributed by atoms with E-state index in [1.165, 1.54) is 0 Å². The maximum Gasteiger partial charge on any atom is 0.352 e. The van der Waals surface area contributed by atoms with Crippen LogP contribution in [0.15, 0.2) is 48.5 Å². The smallest absolute Gasteiger partial charge is 0.352 e. The van der Waals surface area contributed by atoms with Gasteiger partial charge in [-0.25, -0.2) is 0 Å². The van der Waals surface area contributed by atoms with Crippen molar-refractivity contribution in [1.82, 2.24) is 4.90 Å². The maximum absolute atomic E-state index is 11.5. The van der Waals surface area contributed by atoms with Crippen molar-refractivity contribution >= 4 is 5.69 Å². The summed E-state index contributed by atoms with van der Waals surface area (Å²) in [6.07, 6.45) is 0. The van der Waals surface area contributed by atoms with E-state index in [1.807, 2.05) is 30.3 Å². The summed E-state index contributed by atoms with van der Waals surface area (Å²) < 4.78 is 11.3. The highest BCUT2D eigenvalue weighted by Crippen LogP contribution is 2.36. The van der Waals surface area contributed by atoms with Crippen molar-refractivity contribution in [3.05, 3.63) is 64.2 Å². The second-order valence-corrected chi connectivity index (χ2v) is 5.51. The molecule has 0 aliphatic heterocycles. The molecule has 0 radical (unpaired) electrons. The summed E-state index contributed by atoms with van der Waals surface area (Å²) in [5.74, 6) is 0.455. The van der Waals surface area contributed by atoms with Gasteiger partial charge in [-0.1, -0.05) is 50.2 Å². The van der Waals surface area contributed by atoms with Gasteiger partial charge in [0, 0.05) is 6.54 Å². The van der Waals surface area contributed by atoms with Gasteiger partial charge in [-0.2, -0.15) is 0 Å². The number of ether oxygens (including phenoxy) is 2. The quantitative estimate of drug-likeness (QED) is 0.483. The van der Waals surface area contributed by atoms with E-state index in [1.54, 1.807) is 18.2 Å². The van der Waals surface area contributed by atoms with Crippen LogP contribution in [0.3, 0.4) is 0 Å². The molecule has 2 aromatic carbocycles. The van der Waals surface area contributed by atoms with E-state index in [9.17, 15) is 10.1 Å². The first-order valence-corrected chi connectivity index (χ1v) is 8.45. The van der Waals surface area contributed by atoms with Crippen LogP contribution in [-0.4, -0.2) is 36.1 Å². The number of benzene rings is 2. The molecule has 0 spiro atoms. The lowest BCUT2D eigenvalue weighted by Crippen LogP contribution is -2.28. The Balaban J connectivity index is 2.08. The molecule has 2 rings (SSSR count). The van der Waals surface area contributed by atoms with Gasteiger partial charge >= 0.3 is 5.69 Å². The van der Waals surface area contributed by atoms with Gasteiger partial charge in [0.25, 0.3) is 0 Å². The van der Waals surface area contributed by atoms with Crippen molar-refractivity contribution in [3.63, 3.8) is 0 Å². The van der Waals surface area contributed by atoms with Crippen LogP contribution >= 0.6 is 0 Å². The van der Waals surface area contributed by atoms with Gasteiger partial charge in [-0.15, -0.1) is 0 Å². The fourth-order valence-corrected chi connectivity index (χ4v) is 2.47. The van der Waals surface area contributed by atoms with Crippen molar-refractivity contribution in [2.45, 2.75) is 20.5 Å². The van der Waals surface area contributed by atoms with Crippen LogP contribution in [-0.2, 0) is 6.61 Å². The number of hydrogen-bond acceptors (Lipinski definition) is 5. The molecule has 0 atom stereocenters. The third-order valence-corrected chi connectivity index (χ3v) is 3.94. The van der Waals surface area contributed by atoms with E-state index >= 15 is 0 Å². The minimum atomic E-state index is -0.451. The van der Waals surface area contributed by atoms with Gasteiger partial charge in [-0.05, 0) is 30.8 Å². The van der Waals surface area contributed by atoms with Crippen molar-refractivity contribution in [1.29, 1.82) is 0 Å². The number of hydrogen-bond donors (Lipinski definition) is 0. The zero-order valence-electron chi connectivity index (χ0n) is 14.7. The van der Waals surface area contributed by atoms with Gasteiger partial charge in [0.05, 0.1) is 4.92 Å². The average molecular weight is 344 g/mol. The predicted molar refractivity (Wildman–Crippen MR) is 97.2 cm³/mol. The molecular weight excluding hydrogens is 320 g/mol. The molecule has 0 aromatic heterocycles. The van der Waals surface area contributed by atoms with Crippen LogP contribution in [0.5, 0.6) is 11.5 Å². The highest BCUT2D eigenvalue weighted by atomic mass is 16.6. The summed E-state index contributed by atoms with van der Waals surface area (Å²) in [4.78, 5) is 13.2. The zero-order valence-corrected chi connectivity index (χ0v) is 14.7. The highest BCUT2D eigenvalue weighted by molar-refractivity contribution is 5.57. The first-order chi connectivity index (χ1) is 12.2. The van der Waals surface area contributed by atoms with Gasteiger partial charge in [0.1, 0.15) is 13.2 Å². The molecule has 0 amide bonds. The fourth-order valence-electron chi connectivity index (χ4n) is 2.47. The summed E-state index contributed by atoms with van der Waals surface area (Å²) in [5.41, 5.74) is 0.822. The van der Waals surface area contributed by atoms with Crippen LogP contribution in [0, 0.1) is 10.1 Å². The normalized spacial score (nSPS) is 10.7. The number of nitrogens with zero attached hydrogens (tertiary/aromatic N) is 2. The van der Waals surface area contributed by atoms with Crippen LogP contribution in [0.1, 0.15) is 19.4 Å². The Morgan fingerprint density at radius 2 is 1.60 bits per heavy atom. The molecule has 2 aromatic rings.